The van der Waals surface area contributed by atoms with Crippen LogP contribution < -0.4 is 11.1 Å². The summed E-state index contributed by atoms with van der Waals surface area (Å²) in [5.74, 6) is 0.843. The number of hydrogen-bond acceptors (Lipinski definition) is 4. The van der Waals surface area contributed by atoms with Crippen molar-refractivity contribution in [3.63, 3.8) is 0 Å². The molecular weight excluding hydrogens is 218 g/mol. The van der Waals surface area contributed by atoms with E-state index < -0.39 is 0 Å². The van der Waals surface area contributed by atoms with Crippen molar-refractivity contribution in [3.05, 3.63) is 0 Å². The summed E-state index contributed by atoms with van der Waals surface area (Å²) in [6, 6.07) is 0.520. The number of nitrogens with zero attached hydrogens (tertiary/aromatic N) is 1. The van der Waals surface area contributed by atoms with Gasteiger partial charge in [-0.05, 0) is 25.3 Å². The summed E-state index contributed by atoms with van der Waals surface area (Å²) in [6.45, 7) is 8.71. The number of oxime groups is 1. The molecule has 1 fully saturated rings. The second-order valence-electron chi connectivity index (χ2n) is 5.52. The minimum absolute atomic E-state index is 0.268. The molecule has 0 radical (unpaired) electrons. The van der Waals surface area contributed by atoms with Crippen LogP contribution in [0.5, 0.6) is 0 Å². The van der Waals surface area contributed by atoms with E-state index in [1.165, 1.54) is 0 Å². The van der Waals surface area contributed by atoms with Gasteiger partial charge in [-0.15, -0.1) is 0 Å². The van der Waals surface area contributed by atoms with Crippen LogP contribution in [0.4, 0.5) is 0 Å². The van der Waals surface area contributed by atoms with Crippen molar-refractivity contribution in [2.24, 2.45) is 22.2 Å². The first kappa shape index (κ1) is 14.3. The van der Waals surface area contributed by atoms with Crippen molar-refractivity contribution in [1.29, 1.82) is 0 Å². The Labute approximate surface area is 103 Å². The molecule has 5 heteroatoms. The van der Waals surface area contributed by atoms with Crippen LogP contribution in [0.15, 0.2) is 5.16 Å². The molecule has 0 aliphatic carbocycles. The van der Waals surface area contributed by atoms with Gasteiger partial charge in [-0.25, -0.2) is 0 Å². The van der Waals surface area contributed by atoms with Gasteiger partial charge in [0.05, 0.1) is 6.61 Å². The third-order valence-electron chi connectivity index (χ3n) is 3.60. The zero-order valence-corrected chi connectivity index (χ0v) is 11.1. The fourth-order valence-corrected chi connectivity index (χ4v) is 2.02. The predicted octanol–water partition coefficient (Wildman–Crippen LogP) is 1.16. The third-order valence-corrected chi connectivity index (χ3v) is 3.60. The lowest BCUT2D eigenvalue weighted by atomic mass is 9.87. The highest BCUT2D eigenvalue weighted by Crippen LogP contribution is 2.20. The number of ether oxygens (including phenoxy) is 1. The average molecular weight is 243 g/mol. The lowest BCUT2D eigenvalue weighted by molar-refractivity contribution is 0.0387. The Bertz CT molecular complexity index is 266. The molecule has 0 amide bonds. The molecule has 5 nitrogen and oxygen atoms in total. The Balaban J connectivity index is 2.31. The van der Waals surface area contributed by atoms with Crippen LogP contribution in [0, 0.1) is 11.3 Å². The molecule has 1 aliphatic heterocycles. The van der Waals surface area contributed by atoms with Gasteiger partial charge in [-0.1, -0.05) is 25.9 Å². The fraction of sp³-hybridized carbons (Fsp3) is 0.917. The molecule has 0 bridgehead atoms. The van der Waals surface area contributed by atoms with E-state index in [2.05, 4.69) is 17.4 Å². The van der Waals surface area contributed by atoms with Crippen LogP contribution in [-0.4, -0.2) is 36.8 Å². The summed E-state index contributed by atoms with van der Waals surface area (Å²) in [4.78, 5) is 0. The fourth-order valence-electron chi connectivity index (χ4n) is 2.02. The molecule has 100 valence electrons. The van der Waals surface area contributed by atoms with Crippen LogP contribution in [0.2, 0.25) is 0 Å². The lowest BCUT2D eigenvalue weighted by Crippen LogP contribution is -2.43. The minimum atomic E-state index is -0.268. The Morgan fingerprint density at radius 1 is 1.59 bits per heavy atom. The molecule has 0 aromatic rings. The number of rotatable bonds is 5. The standard InChI is InChI=1S/C12H25N3O2/c1-9-8-17-7-4-10(9)14-6-5-12(2,3)11(13)15-16/h9-10,14,16H,4-8H2,1-3H3,(H2,13,15). The van der Waals surface area contributed by atoms with Crippen LogP contribution in [0.25, 0.3) is 0 Å². The van der Waals surface area contributed by atoms with Crippen molar-refractivity contribution >= 4 is 5.84 Å². The summed E-state index contributed by atoms with van der Waals surface area (Å²) in [6.07, 6.45) is 1.91. The zero-order valence-electron chi connectivity index (χ0n) is 11.1. The molecule has 1 aliphatic rings. The molecule has 0 spiro atoms. The lowest BCUT2D eigenvalue weighted by Gasteiger charge is -2.31. The van der Waals surface area contributed by atoms with Crippen molar-refractivity contribution in [1.82, 2.24) is 5.32 Å². The Morgan fingerprint density at radius 3 is 2.88 bits per heavy atom. The molecule has 2 atom stereocenters. The quantitative estimate of drug-likeness (QED) is 0.293. The first-order valence-corrected chi connectivity index (χ1v) is 6.26. The van der Waals surface area contributed by atoms with Gasteiger partial charge in [0.2, 0.25) is 0 Å². The van der Waals surface area contributed by atoms with Gasteiger partial charge < -0.3 is 21.0 Å². The van der Waals surface area contributed by atoms with Gasteiger partial charge in [0.1, 0.15) is 5.84 Å². The third kappa shape index (κ3) is 4.16. The van der Waals surface area contributed by atoms with Gasteiger partial charge in [-0.3, -0.25) is 0 Å². The maximum Gasteiger partial charge on any atom is 0.144 e. The van der Waals surface area contributed by atoms with Crippen molar-refractivity contribution in [2.75, 3.05) is 19.8 Å². The molecule has 1 saturated heterocycles. The Hall–Kier alpha value is -0.810. The summed E-state index contributed by atoms with van der Waals surface area (Å²) in [7, 11) is 0. The SMILES string of the molecule is CC1COCCC1NCCC(C)(C)C(N)=NO. The first-order valence-electron chi connectivity index (χ1n) is 6.26. The van der Waals surface area contributed by atoms with Gasteiger partial charge in [0.25, 0.3) is 0 Å². The number of nitrogens with two attached hydrogens (primary N) is 1. The van der Waals surface area contributed by atoms with Gasteiger partial charge in [-0.2, -0.15) is 0 Å². The van der Waals surface area contributed by atoms with Crippen molar-refractivity contribution in [3.8, 4) is 0 Å². The number of hydrogen-bond donors (Lipinski definition) is 3. The maximum absolute atomic E-state index is 8.69. The molecule has 1 heterocycles. The topological polar surface area (TPSA) is 79.9 Å². The van der Waals surface area contributed by atoms with Crippen LogP contribution in [0.1, 0.15) is 33.6 Å². The monoisotopic (exact) mass is 243 g/mol. The second-order valence-corrected chi connectivity index (χ2v) is 5.52. The minimum Gasteiger partial charge on any atom is -0.409 e. The Kier molecular flexibility index (Phi) is 5.21. The molecular formula is C12H25N3O2. The zero-order chi connectivity index (χ0) is 12.9. The molecule has 2 unspecified atom stereocenters. The highest BCUT2D eigenvalue weighted by atomic mass is 16.5. The highest BCUT2D eigenvalue weighted by molar-refractivity contribution is 5.85. The van der Waals surface area contributed by atoms with Crippen molar-refractivity contribution < 1.29 is 9.94 Å². The van der Waals surface area contributed by atoms with Crippen molar-refractivity contribution in [2.45, 2.75) is 39.7 Å². The molecule has 0 saturated carbocycles. The van der Waals surface area contributed by atoms with Crippen LogP contribution in [0.3, 0.4) is 0 Å². The predicted molar refractivity (Wildman–Crippen MR) is 68.2 cm³/mol. The van der Waals surface area contributed by atoms with E-state index in [-0.39, 0.29) is 5.41 Å². The van der Waals surface area contributed by atoms with Crippen LogP contribution >= 0.6 is 0 Å². The van der Waals surface area contributed by atoms with E-state index >= 15 is 0 Å². The summed E-state index contributed by atoms with van der Waals surface area (Å²) < 4.78 is 5.40. The van der Waals surface area contributed by atoms with E-state index in [0.717, 1.165) is 32.6 Å². The van der Waals surface area contributed by atoms with Gasteiger partial charge in [0.15, 0.2) is 0 Å². The smallest absolute Gasteiger partial charge is 0.144 e. The first-order chi connectivity index (χ1) is 7.97. The largest absolute Gasteiger partial charge is 0.409 e. The normalized spacial score (nSPS) is 27.1. The Morgan fingerprint density at radius 2 is 2.29 bits per heavy atom. The average Bonchev–Trinajstić information content (AvgIpc) is 2.30. The van der Waals surface area contributed by atoms with E-state index in [0.29, 0.717) is 17.8 Å². The summed E-state index contributed by atoms with van der Waals surface area (Å²) in [5.41, 5.74) is 5.38. The van der Waals surface area contributed by atoms with Gasteiger partial charge >= 0.3 is 0 Å². The van der Waals surface area contributed by atoms with Crippen LogP contribution in [-0.2, 0) is 4.74 Å². The molecule has 0 aromatic carbocycles. The van der Waals surface area contributed by atoms with E-state index in [1.807, 2.05) is 13.8 Å². The van der Waals surface area contributed by atoms with Gasteiger partial charge in [0, 0.05) is 18.1 Å². The van der Waals surface area contributed by atoms with E-state index in [4.69, 9.17) is 15.7 Å². The molecule has 0 aromatic heterocycles. The number of amidine groups is 1. The molecule has 4 N–H and O–H groups in total. The molecule has 17 heavy (non-hydrogen) atoms. The molecule has 1 rings (SSSR count). The van der Waals surface area contributed by atoms with E-state index in [9.17, 15) is 0 Å². The second kappa shape index (κ2) is 6.21. The summed E-state index contributed by atoms with van der Waals surface area (Å²) in [5, 5.41) is 15.3. The highest BCUT2D eigenvalue weighted by Gasteiger charge is 2.25. The maximum atomic E-state index is 8.69. The number of nitrogens with one attached hydrogen (secondary N) is 1. The van der Waals surface area contributed by atoms with E-state index in [1.54, 1.807) is 0 Å². The summed E-state index contributed by atoms with van der Waals surface area (Å²) >= 11 is 0.